The van der Waals surface area contributed by atoms with E-state index < -0.39 is 0 Å². The molecule has 2 atom stereocenters. The Balaban J connectivity index is 1.99. The van der Waals surface area contributed by atoms with E-state index in [0.717, 1.165) is 32.5 Å². The van der Waals surface area contributed by atoms with Crippen LogP contribution in [-0.2, 0) is 9.53 Å². The van der Waals surface area contributed by atoms with Crippen LogP contribution < -0.4 is 0 Å². The van der Waals surface area contributed by atoms with E-state index in [2.05, 4.69) is 11.9 Å². The Labute approximate surface area is 97.5 Å². The van der Waals surface area contributed by atoms with Crippen molar-refractivity contribution in [1.29, 1.82) is 0 Å². The molecule has 1 amide bonds. The Hall–Kier alpha value is -0.610. The molecule has 0 radical (unpaired) electrons. The Kier molecular flexibility index (Phi) is 3.50. The summed E-state index contributed by atoms with van der Waals surface area (Å²) in [6.45, 7) is 6.86. The second-order valence-electron chi connectivity index (χ2n) is 5.11. The topological polar surface area (TPSA) is 32.8 Å². The van der Waals surface area contributed by atoms with Crippen molar-refractivity contribution in [3.05, 3.63) is 0 Å². The number of carbonyl (C=O) groups is 1. The number of morpholine rings is 1. The fourth-order valence-corrected chi connectivity index (χ4v) is 2.69. The summed E-state index contributed by atoms with van der Waals surface area (Å²) >= 11 is 0. The van der Waals surface area contributed by atoms with Gasteiger partial charge in [-0.1, -0.05) is 0 Å². The molecule has 0 N–H and O–H groups in total. The predicted octanol–water partition coefficient (Wildman–Crippen LogP) is 0.716. The van der Waals surface area contributed by atoms with Crippen LogP contribution in [-0.4, -0.2) is 60.6 Å². The molecular weight excluding hydrogens is 204 g/mol. The van der Waals surface area contributed by atoms with Gasteiger partial charge in [-0.15, -0.1) is 0 Å². The Morgan fingerprint density at radius 2 is 1.88 bits per heavy atom. The number of hydrogen-bond acceptors (Lipinski definition) is 3. The fraction of sp³-hybridized carbons (Fsp3) is 0.917. The highest BCUT2D eigenvalue weighted by Gasteiger charge is 2.35. The monoisotopic (exact) mass is 226 g/mol. The van der Waals surface area contributed by atoms with Crippen LogP contribution in [0.1, 0.15) is 26.7 Å². The number of piperidine rings is 1. The molecule has 2 aliphatic rings. The van der Waals surface area contributed by atoms with Gasteiger partial charge < -0.3 is 14.5 Å². The van der Waals surface area contributed by atoms with Crippen molar-refractivity contribution in [2.24, 2.45) is 0 Å². The largest absolute Gasteiger partial charge is 0.364 e. The quantitative estimate of drug-likeness (QED) is 0.660. The smallest absolute Gasteiger partial charge is 0.251 e. The second kappa shape index (κ2) is 4.72. The van der Waals surface area contributed by atoms with E-state index in [1.165, 1.54) is 0 Å². The third-order valence-corrected chi connectivity index (χ3v) is 3.65. The first kappa shape index (κ1) is 11.9. The van der Waals surface area contributed by atoms with Crippen LogP contribution >= 0.6 is 0 Å². The van der Waals surface area contributed by atoms with Crippen LogP contribution in [0.5, 0.6) is 0 Å². The van der Waals surface area contributed by atoms with E-state index in [1.54, 1.807) is 0 Å². The van der Waals surface area contributed by atoms with Crippen LogP contribution in [0.4, 0.5) is 0 Å². The summed E-state index contributed by atoms with van der Waals surface area (Å²) in [4.78, 5) is 16.4. The molecule has 0 aromatic carbocycles. The number of carbonyl (C=O) groups excluding carboxylic acids is 1. The highest BCUT2D eigenvalue weighted by atomic mass is 16.5. The average molecular weight is 226 g/mol. The lowest BCUT2D eigenvalue weighted by atomic mass is 10.0. The molecule has 92 valence electrons. The maximum absolute atomic E-state index is 12.0. The van der Waals surface area contributed by atoms with E-state index in [-0.39, 0.29) is 18.1 Å². The maximum atomic E-state index is 12.0. The number of amides is 1. The van der Waals surface area contributed by atoms with E-state index in [0.29, 0.717) is 6.04 Å². The van der Waals surface area contributed by atoms with Gasteiger partial charge in [0.15, 0.2) is 0 Å². The second-order valence-corrected chi connectivity index (χ2v) is 5.11. The molecule has 0 aliphatic carbocycles. The SMILES string of the molecule is CC1O[C@@H](C)CN(C2CCN(C)CC2)C1=O. The molecule has 2 rings (SSSR count). The summed E-state index contributed by atoms with van der Waals surface area (Å²) in [5.41, 5.74) is 0. The standard InChI is InChI=1S/C12H22N2O2/c1-9-8-14(12(15)10(2)16-9)11-4-6-13(3)7-5-11/h9-11H,4-8H2,1-3H3/t9-,10?/m0/s1. The Morgan fingerprint density at radius 3 is 2.50 bits per heavy atom. The van der Waals surface area contributed by atoms with Crippen molar-refractivity contribution in [3.63, 3.8) is 0 Å². The van der Waals surface area contributed by atoms with Crippen molar-refractivity contribution in [2.75, 3.05) is 26.7 Å². The van der Waals surface area contributed by atoms with E-state index >= 15 is 0 Å². The van der Waals surface area contributed by atoms with Gasteiger partial charge in [0.05, 0.1) is 6.10 Å². The normalized spacial score (nSPS) is 34.4. The maximum Gasteiger partial charge on any atom is 0.251 e. The first-order valence-electron chi connectivity index (χ1n) is 6.22. The fourth-order valence-electron chi connectivity index (χ4n) is 2.69. The summed E-state index contributed by atoms with van der Waals surface area (Å²) < 4.78 is 5.54. The minimum Gasteiger partial charge on any atom is -0.364 e. The summed E-state index contributed by atoms with van der Waals surface area (Å²) in [7, 11) is 2.14. The molecule has 2 heterocycles. The molecule has 0 aromatic heterocycles. The van der Waals surface area contributed by atoms with E-state index in [9.17, 15) is 4.79 Å². The zero-order valence-corrected chi connectivity index (χ0v) is 10.5. The third-order valence-electron chi connectivity index (χ3n) is 3.65. The van der Waals surface area contributed by atoms with Gasteiger partial charge in [-0.25, -0.2) is 0 Å². The Bertz CT molecular complexity index is 262. The van der Waals surface area contributed by atoms with Crippen molar-refractivity contribution in [2.45, 2.75) is 44.9 Å². The van der Waals surface area contributed by atoms with Gasteiger partial charge in [0, 0.05) is 12.6 Å². The first-order chi connectivity index (χ1) is 7.58. The minimum atomic E-state index is -0.261. The van der Waals surface area contributed by atoms with Crippen LogP contribution in [0.25, 0.3) is 0 Å². The molecule has 0 bridgehead atoms. The third kappa shape index (κ3) is 2.38. The lowest BCUT2D eigenvalue weighted by Crippen LogP contribution is -2.56. The van der Waals surface area contributed by atoms with Gasteiger partial charge >= 0.3 is 0 Å². The highest BCUT2D eigenvalue weighted by Crippen LogP contribution is 2.21. The number of likely N-dealkylation sites (tertiary alicyclic amines) is 1. The van der Waals surface area contributed by atoms with Crippen molar-refractivity contribution >= 4 is 5.91 Å². The molecule has 4 heteroatoms. The summed E-state index contributed by atoms with van der Waals surface area (Å²) in [6, 6.07) is 0.428. The summed E-state index contributed by atoms with van der Waals surface area (Å²) in [5, 5.41) is 0. The van der Waals surface area contributed by atoms with Crippen LogP contribution in [0, 0.1) is 0 Å². The van der Waals surface area contributed by atoms with Crippen LogP contribution in [0.15, 0.2) is 0 Å². The van der Waals surface area contributed by atoms with Gasteiger partial charge in [-0.3, -0.25) is 4.79 Å². The molecule has 16 heavy (non-hydrogen) atoms. The van der Waals surface area contributed by atoms with Gasteiger partial charge in [0.1, 0.15) is 6.10 Å². The molecule has 0 saturated carbocycles. The predicted molar refractivity (Wildman–Crippen MR) is 62.2 cm³/mol. The van der Waals surface area contributed by atoms with Crippen molar-refractivity contribution < 1.29 is 9.53 Å². The Morgan fingerprint density at radius 1 is 1.25 bits per heavy atom. The van der Waals surface area contributed by atoms with Crippen LogP contribution in [0.3, 0.4) is 0 Å². The molecule has 2 aliphatic heterocycles. The molecule has 0 spiro atoms. The first-order valence-corrected chi connectivity index (χ1v) is 6.22. The highest BCUT2D eigenvalue weighted by molar-refractivity contribution is 5.81. The number of hydrogen-bond donors (Lipinski definition) is 0. The number of ether oxygens (including phenoxy) is 1. The van der Waals surface area contributed by atoms with Gasteiger partial charge in [0.25, 0.3) is 5.91 Å². The molecule has 0 aromatic rings. The molecule has 4 nitrogen and oxygen atoms in total. The molecule has 1 unspecified atom stereocenters. The zero-order chi connectivity index (χ0) is 11.7. The number of rotatable bonds is 1. The zero-order valence-electron chi connectivity index (χ0n) is 10.5. The molecule has 2 saturated heterocycles. The van der Waals surface area contributed by atoms with E-state index in [1.807, 2.05) is 18.7 Å². The van der Waals surface area contributed by atoms with Crippen molar-refractivity contribution in [1.82, 2.24) is 9.80 Å². The van der Waals surface area contributed by atoms with Gasteiger partial charge in [0.2, 0.25) is 0 Å². The van der Waals surface area contributed by atoms with Crippen LogP contribution in [0.2, 0.25) is 0 Å². The van der Waals surface area contributed by atoms with E-state index in [4.69, 9.17) is 4.74 Å². The molecule has 2 fully saturated rings. The minimum absolute atomic E-state index is 0.173. The number of nitrogens with zero attached hydrogens (tertiary/aromatic N) is 2. The lowest BCUT2D eigenvalue weighted by Gasteiger charge is -2.42. The summed E-state index contributed by atoms with van der Waals surface area (Å²) in [5.74, 6) is 0.174. The van der Waals surface area contributed by atoms with Crippen molar-refractivity contribution in [3.8, 4) is 0 Å². The average Bonchev–Trinajstić information content (AvgIpc) is 2.25. The molecular formula is C12H22N2O2. The van der Waals surface area contributed by atoms with Gasteiger partial charge in [-0.05, 0) is 46.8 Å². The van der Waals surface area contributed by atoms with Gasteiger partial charge in [-0.2, -0.15) is 0 Å². The lowest BCUT2D eigenvalue weighted by molar-refractivity contribution is -0.163. The summed E-state index contributed by atoms with van der Waals surface area (Å²) in [6.07, 6.45) is 2.11.